The molecule has 0 heterocycles. The van der Waals surface area contributed by atoms with E-state index in [9.17, 15) is 10.1 Å². The minimum absolute atomic E-state index is 0.0156. The summed E-state index contributed by atoms with van der Waals surface area (Å²) < 4.78 is 10.1. The number of nitro benzene ring substituents is 1. The molecule has 1 aromatic carbocycles. The van der Waals surface area contributed by atoms with Gasteiger partial charge >= 0.3 is 0 Å². The van der Waals surface area contributed by atoms with Crippen molar-refractivity contribution >= 4 is 11.4 Å². The highest BCUT2D eigenvalue weighted by atomic mass is 16.6. The summed E-state index contributed by atoms with van der Waals surface area (Å²) >= 11 is 0. The van der Waals surface area contributed by atoms with E-state index >= 15 is 0 Å². The van der Waals surface area contributed by atoms with Gasteiger partial charge in [-0.1, -0.05) is 0 Å². The second-order valence-corrected chi connectivity index (χ2v) is 4.37. The lowest BCUT2D eigenvalue weighted by Crippen LogP contribution is -2.26. The molecule has 7 heteroatoms. The third kappa shape index (κ3) is 4.67. The number of nitrogens with one attached hydrogen (secondary N) is 1. The molecule has 112 valence electrons. The Morgan fingerprint density at radius 2 is 2.20 bits per heavy atom. The van der Waals surface area contributed by atoms with Crippen molar-refractivity contribution in [2.24, 2.45) is 5.73 Å². The van der Waals surface area contributed by atoms with Crippen molar-refractivity contribution in [3.05, 3.63) is 28.3 Å². The topological polar surface area (TPSA) is 99.7 Å². The Kier molecular flexibility index (Phi) is 6.75. The summed E-state index contributed by atoms with van der Waals surface area (Å²) in [5, 5.41) is 14.2. The molecule has 1 atom stereocenters. The van der Waals surface area contributed by atoms with Crippen molar-refractivity contribution in [1.29, 1.82) is 0 Å². The first-order chi connectivity index (χ1) is 9.62. The highest BCUT2D eigenvalue weighted by molar-refractivity contribution is 5.64. The molecule has 0 bridgehead atoms. The van der Waals surface area contributed by atoms with Crippen LogP contribution in [0.1, 0.15) is 12.8 Å². The van der Waals surface area contributed by atoms with Crippen molar-refractivity contribution in [3.63, 3.8) is 0 Å². The molecule has 0 aromatic heterocycles. The van der Waals surface area contributed by atoms with Crippen LogP contribution in [0.15, 0.2) is 18.2 Å². The van der Waals surface area contributed by atoms with Gasteiger partial charge in [-0.05, 0) is 31.5 Å². The first-order valence-electron chi connectivity index (χ1n) is 6.40. The van der Waals surface area contributed by atoms with Gasteiger partial charge in [-0.25, -0.2) is 0 Å². The molecule has 1 aromatic rings. The molecule has 0 saturated heterocycles. The molecular formula is C13H21N3O4. The highest BCUT2D eigenvalue weighted by Crippen LogP contribution is 2.29. The molecule has 0 spiro atoms. The Morgan fingerprint density at radius 3 is 2.75 bits per heavy atom. The quantitative estimate of drug-likeness (QED) is 0.529. The van der Waals surface area contributed by atoms with Gasteiger partial charge in [0.1, 0.15) is 11.4 Å². The Labute approximate surface area is 118 Å². The van der Waals surface area contributed by atoms with E-state index in [0.29, 0.717) is 24.6 Å². The Bertz CT molecular complexity index is 440. The second-order valence-electron chi connectivity index (χ2n) is 4.37. The molecule has 0 radical (unpaired) electrons. The molecule has 1 unspecified atom stereocenters. The summed E-state index contributed by atoms with van der Waals surface area (Å²) in [7, 11) is 3.07. The van der Waals surface area contributed by atoms with Crippen LogP contribution >= 0.6 is 0 Å². The molecule has 0 amide bonds. The third-order valence-corrected chi connectivity index (χ3v) is 2.89. The predicted octanol–water partition coefficient (Wildman–Crippen LogP) is 1.77. The zero-order valence-electron chi connectivity index (χ0n) is 11.8. The summed E-state index contributed by atoms with van der Waals surface area (Å²) in [6, 6.07) is 4.70. The molecule has 0 saturated carbocycles. The van der Waals surface area contributed by atoms with Crippen LogP contribution in [0.3, 0.4) is 0 Å². The average molecular weight is 283 g/mol. The van der Waals surface area contributed by atoms with Gasteiger partial charge in [0, 0.05) is 13.2 Å². The molecule has 1 rings (SSSR count). The maximum Gasteiger partial charge on any atom is 0.296 e. The van der Waals surface area contributed by atoms with Gasteiger partial charge in [0.05, 0.1) is 24.7 Å². The van der Waals surface area contributed by atoms with E-state index < -0.39 is 4.92 Å². The number of methoxy groups -OCH3 is 2. The number of hydrogen-bond acceptors (Lipinski definition) is 6. The van der Waals surface area contributed by atoms with Gasteiger partial charge in [-0.2, -0.15) is 0 Å². The number of rotatable bonds is 9. The lowest BCUT2D eigenvalue weighted by molar-refractivity contribution is -0.384. The molecule has 3 N–H and O–H groups in total. The Hall–Kier alpha value is -1.86. The van der Waals surface area contributed by atoms with E-state index in [1.54, 1.807) is 19.2 Å². The second kappa shape index (κ2) is 8.34. The highest BCUT2D eigenvalue weighted by Gasteiger charge is 2.18. The number of nitro groups is 1. The number of nitrogens with zero attached hydrogens (tertiary/aromatic N) is 1. The number of hydrogen-bond donors (Lipinski definition) is 2. The maximum atomic E-state index is 11.1. The minimum Gasteiger partial charge on any atom is -0.496 e. The largest absolute Gasteiger partial charge is 0.496 e. The zero-order chi connectivity index (χ0) is 15.0. The molecule has 0 aliphatic rings. The number of benzene rings is 1. The SMILES string of the molecule is COCC(CCCN)Nc1ccc(OC)cc1[N+](=O)[O-]. The van der Waals surface area contributed by atoms with Gasteiger partial charge in [0.25, 0.3) is 5.69 Å². The summed E-state index contributed by atoms with van der Waals surface area (Å²) in [4.78, 5) is 10.7. The first kappa shape index (κ1) is 16.2. The number of ether oxygens (including phenoxy) is 2. The van der Waals surface area contributed by atoms with E-state index in [4.69, 9.17) is 15.2 Å². The number of anilines is 1. The molecule has 0 aliphatic heterocycles. The normalized spacial score (nSPS) is 11.9. The van der Waals surface area contributed by atoms with Crippen LogP contribution < -0.4 is 15.8 Å². The predicted molar refractivity (Wildman–Crippen MR) is 77.2 cm³/mol. The van der Waals surface area contributed by atoms with E-state index in [1.807, 2.05) is 0 Å². The monoisotopic (exact) mass is 283 g/mol. The summed E-state index contributed by atoms with van der Waals surface area (Å²) in [6.45, 7) is 1.04. The van der Waals surface area contributed by atoms with Gasteiger partial charge in [0.2, 0.25) is 0 Å². The molecular weight excluding hydrogens is 262 g/mol. The lowest BCUT2D eigenvalue weighted by atomic mass is 10.1. The Morgan fingerprint density at radius 1 is 1.45 bits per heavy atom. The van der Waals surface area contributed by atoms with E-state index in [0.717, 1.165) is 12.8 Å². The summed E-state index contributed by atoms with van der Waals surface area (Å²) in [5.74, 6) is 0.451. The Balaban J connectivity index is 2.90. The average Bonchev–Trinajstić information content (AvgIpc) is 2.45. The molecule has 0 fully saturated rings. The van der Waals surface area contributed by atoms with Crippen LogP contribution in [0.2, 0.25) is 0 Å². The third-order valence-electron chi connectivity index (χ3n) is 2.89. The van der Waals surface area contributed by atoms with Crippen LogP contribution in [0.5, 0.6) is 5.75 Å². The van der Waals surface area contributed by atoms with Crippen LogP contribution in [0.25, 0.3) is 0 Å². The van der Waals surface area contributed by atoms with Crippen LogP contribution in [0, 0.1) is 10.1 Å². The fourth-order valence-electron chi connectivity index (χ4n) is 1.89. The van der Waals surface area contributed by atoms with Gasteiger partial charge < -0.3 is 20.5 Å². The van der Waals surface area contributed by atoms with Crippen LogP contribution in [0.4, 0.5) is 11.4 Å². The van der Waals surface area contributed by atoms with Crippen molar-refractivity contribution in [3.8, 4) is 5.75 Å². The molecule has 7 nitrogen and oxygen atoms in total. The lowest BCUT2D eigenvalue weighted by Gasteiger charge is -2.19. The molecule has 0 aliphatic carbocycles. The zero-order valence-corrected chi connectivity index (χ0v) is 11.8. The van der Waals surface area contributed by atoms with Crippen LogP contribution in [-0.2, 0) is 4.74 Å². The van der Waals surface area contributed by atoms with Crippen LogP contribution in [-0.4, -0.2) is 38.3 Å². The maximum absolute atomic E-state index is 11.1. The minimum atomic E-state index is -0.433. The van der Waals surface area contributed by atoms with Crippen molar-refractivity contribution in [2.45, 2.75) is 18.9 Å². The van der Waals surface area contributed by atoms with Gasteiger partial charge in [-0.15, -0.1) is 0 Å². The van der Waals surface area contributed by atoms with E-state index in [2.05, 4.69) is 5.32 Å². The fourth-order valence-corrected chi connectivity index (χ4v) is 1.89. The number of nitrogens with two attached hydrogens (primary N) is 1. The standard InChI is InChI=1S/C13H21N3O4/c1-19-9-10(4-3-7-14)15-12-6-5-11(20-2)8-13(12)16(17)18/h5-6,8,10,15H,3-4,7,9,14H2,1-2H3. The summed E-state index contributed by atoms with van der Waals surface area (Å²) in [6.07, 6.45) is 1.61. The van der Waals surface area contributed by atoms with Gasteiger partial charge in [0.15, 0.2) is 0 Å². The first-order valence-corrected chi connectivity index (χ1v) is 6.40. The smallest absolute Gasteiger partial charge is 0.296 e. The van der Waals surface area contributed by atoms with E-state index in [1.165, 1.54) is 13.2 Å². The van der Waals surface area contributed by atoms with Crippen molar-refractivity contribution in [2.75, 3.05) is 32.7 Å². The summed E-state index contributed by atoms with van der Waals surface area (Å²) in [5.41, 5.74) is 5.93. The van der Waals surface area contributed by atoms with Gasteiger partial charge in [-0.3, -0.25) is 10.1 Å². The molecule has 20 heavy (non-hydrogen) atoms. The van der Waals surface area contributed by atoms with Crippen molar-refractivity contribution in [1.82, 2.24) is 0 Å². The van der Waals surface area contributed by atoms with E-state index in [-0.39, 0.29) is 11.7 Å². The van der Waals surface area contributed by atoms with Crippen molar-refractivity contribution < 1.29 is 14.4 Å². The fraction of sp³-hybridized carbons (Fsp3) is 0.538.